The number of alkyl carbamates (subject to hydrolysis) is 1. The summed E-state index contributed by atoms with van der Waals surface area (Å²) in [6, 6.07) is 11.1. The Morgan fingerprint density at radius 2 is 1.90 bits per heavy atom. The molecule has 0 spiro atoms. The van der Waals surface area contributed by atoms with Gasteiger partial charge in [-0.2, -0.15) is 5.10 Å². The number of benzene rings is 1. The van der Waals surface area contributed by atoms with E-state index in [0.717, 1.165) is 5.75 Å². The molecule has 0 bridgehead atoms. The molecule has 0 fully saturated rings. The van der Waals surface area contributed by atoms with E-state index >= 15 is 0 Å². The molecule has 0 aliphatic rings. The molecule has 0 saturated heterocycles. The fraction of sp³-hybridized carbons (Fsp3) is 0.500. The van der Waals surface area contributed by atoms with E-state index in [0.29, 0.717) is 24.5 Å². The van der Waals surface area contributed by atoms with Crippen molar-refractivity contribution in [2.75, 3.05) is 13.2 Å². The first-order valence-corrected chi connectivity index (χ1v) is 10.1. The lowest BCUT2D eigenvalue weighted by Gasteiger charge is -2.21. The molecule has 1 N–H and O–H groups in total. The smallest absolute Gasteiger partial charge is 0.407 e. The van der Waals surface area contributed by atoms with Gasteiger partial charge in [0.1, 0.15) is 29.3 Å². The van der Waals surface area contributed by atoms with Crippen molar-refractivity contribution in [1.29, 1.82) is 0 Å². The summed E-state index contributed by atoms with van der Waals surface area (Å²) in [6.07, 6.45) is -0.475. The van der Waals surface area contributed by atoms with Crippen LogP contribution >= 0.6 is 0 Å². The normalized spacial score (nSPS) is 12.2. The minimum atomic E-state index is -0.556. The summed E-state index contributed by atoms with van der Waals surface area (Å²) in [5.41, 5.74) is 0.418. The van der Waals surface area contributed by atoms with E-state index in [1.165, 1.54) is 0 Å². The van der Waals surface area contributed by atoms with Crippen molar-refractivity contribution < 1.29 is 23.8 Å². The highest BCUT2D eigenvalue weighted by Crippen LogP contribution is 2.14. The van der Waals surface area contributed by atoms with Crippen molar-refractivity contribution in [1.82, 2.24) is 15.1 Å². The number of esters is 1. The average molecular weight is 418 g/mol. The van der Waals surface area contributed by atoms with Gasteiger partial charge in [-0.05, 0) is 51.8 Å². The number of amides is 1. The van der Waals surface area contributed by atoms with Crippen molar-refractivity contribution in [2.45, 2.75) is 53.4 Å². The molecule has 0 radical (unpaired) electrons. The maximum absolute atomic E-state index is 12.3. The second-order valence-electron chi connectivity index (χ2n) is 8.01. The molecule has 1 amide bonds. The Morgan fingerprint density at radius 3 is 2.53 bits per heavy atom. The number of rotatable bonds is 9. The largest absolute Gasteiger partial charge is 0.487 e. The van der Waals surface area contributed by atoms with E-state index in [9.17, 15) is 9.59 Å². The van der Waals surface area contributed by atoms with Crippen LogP contribution < -0.4 is 10.1 Å². The molecular formula is C22H31N3O5. The van der Waals surface area contributed by atoms with Crippen LogP contribution in [0, 0.1) is 5.92 Å². The van der Waals surface area contributed by atoms with Gasteiger partial charge in [-0.25, -0.2) is 9.59 Å². The number of carbonyl (C=O) groups excluding carboxylic acids is 2. The second kappa shape index (κ2) is 10.7. The van der Waals surface area contributed by atoms with Crippen LogP contribution in [-0.2, 0) is 22.6 Å². The van der Waals surface area contributed by atoms with Crippen molar-refractivity contribution in [2.24, 2.45) is 5.92 Å². The summed E-state index contributed by atoms with van der Waals surface area (Å²) in [6.45, 7) is 10.4. The molecule has 1 aromatic heterocycles. The Morgan fingerprint density at radius 1 is 1.20 bits per heavy atom. The lowest BCUT2D eigenvalue weighted by atomic mass is 10.2. The molecule has 30 heavy (non-hydrogen) atoms. The van der Waals surface area contributed by atoms with E-state index in [1.807, 2.05) is 58.0 Å². The maximum Gasteiger partial charge on any atom is 0.407 e. The Labute approximate surface area is 177 Å². The van der Waals surface area contributed by atoms with E-state index in [2.05, 4.69) is 10.4 Å². The molecule has 1 atom stereocenters. The third-order valence-electron chi connectivity index (χ3n) is 3.92. The van der Waals surface area contributed by atoms with Gasteiger partial charge in [0.25, 0.3) is 0 Å². The molecule has 1 heterocycles. The predicted octanol–water partition coefficient (Wildman–Crippen LogP) is 3.80. The Hall–Kier alpha value is -3.03. The van der Waals surface area contributed by atoms with Crippen LogP contribution in [0.3, 0.4) is 0 Å². The zero-order valence-corrected chi connectivity index (χ0v) is 18.3. The fourth-order valence-electron chi connectivity index (χ4n) is 2.65. The molecule has 0 aliphatic carbocycles. The second-order valence-corrected chi connectivity index (χ2v) is 8.01. The highest BCUT2D eigenvalue weighted by Gasteiger charge is 2.20. The van der Waals surface area contributed by atoms with E-state index in [1.54, 1.807) is 17.7 Å². The standard InChI is InChI=1S/C22H31N3O5/c1-6-28-20(26)19-12-17(15-29-18-10-8-7-9-11-18)24-25(19)14-16(2)13-23-21(27)30-22(3,4)5/h7-12,16H,6,13-15H2,1-5H3,(H,23,27). The molecule has 0 saturated carbocycles. The number of aromatic nitrogens is 2. The maximum atomic E-state index is 12.3. The molecule has 164 valence electrons. The zero-order valence-electron chi connectivity index (χ0n) is 18.3. The number of ether oxygens (including phenoxy) is 3. The molecule has 8 nitrogen and oxygen atoms in total. The van der Waals surface area contributed by atoms with Gasteiger partial charge in [-0.15, -0.1) is 0 Å². The lowest BCUT2D eigenvalue weighted by molar-refractivity contribution is 0.0495. The highest BCUT2D eigenvalue weighted by molar-refractivity contribution is 5.87. The minimum absolute atomic E-state index is 0.00786. The van der Waals surface area contributed by atoms with E-state index < -0.39 is 17.7 Å². The summed E-state index contributed by atoms with van der Waals surface area (Å²) in [4.78, 5) is 24.2. The minimum Gasteiger partial charge on any atom is -0.487 e. The topological polar surface area (TPSA) is 91.7 Å². The summed E-state index contributed by atoms with van der Waals surface area (Å²) >= 11 is 0. The molecule has 1 aromatic carbocycles. The van der Waals surface area contributed by atoms with Gasteiger partial charge < -0.3 is 19.5 Å². The monoisotopic (exact) mass is 417 g/mol. The number of hydrogen-bond donors (Lipinski definition) is 1. The third kappa shape index (κ3) is 7.77. The Kier molecular flexibility index (Phi) is 8.26. The summed E-state index contributed by atoms with van der Waals surface area (Å²) in [5.74, 6) is 0.288. The zero-order chi connectivity index (χ0) is 22.1. The number of carbonyl (C=O) groups is 2. The Balaban J connectivity index is 2.02. The van der Waals surface area contributed by atoms with Crippen molar-refractivity contribution in [3.63, 3.8) is 0 Å². The molecule has 2 rings (SSSR count). The summed E-state index contributed by atoms with van der Waals surface area (Å²) in [7, 11) is 0. The van der Waals surface area contributed by atoms with Gasteiger partial charge in [-0.3, -0.25) is 4.68 Å². The number of nitrogens with one attached hydrogen (secondary N) is 1. The van der Waals surface area contributed by atoms with Gasteiger partial charge in [0.2, 0.25) is 0 Å². The van der Waals surface area contributed by atoms with Crippen molar-refractivity contribution in [3.05, 3.63) is 47.8 Å². The quantitative estimate of drug-likeness (QED) is 0.624. The van der Waals surface area contributed by atoms with E-state index in [4.69, 9.17) is 14.2 Å². The van der Waals surface area contributed by atoms with Crippen LogP contribution in [0.1, 0.15) is 50.8 Å². The van der Waals surface area contributed by atoms with Crippen LogP contribution in [0.4, 0.5) is 4.79 Å². The van der Waals surface area contributed by atoms with Gasteiger partial charge >= 0.3 is 12.1 Å². The molecule has 2 aromatic rings. The first-order valence-electron chi connectivity index (χ1n) is 10.1. The molecular weight excluding hydrogens is 386 g/mol. The average Bonchev–Trinajstić information content (AvgIpc) is 3.07. The predicted molar refractivity (Wildman–Crippen MR) is 112 cm³/mol. The van der Waals surface area contributed by atoms with E-state index in [-0.39, 0.29) is 19.1 Å². The van der Waals surface area contributed by atoms with Gasteiger partial charge in [0.05, 0.1) is 6.61 Å². The number of nitrogens with zero attached hydrogens (tertiary/aromatic N) is 2. The highest BCUT2D eigenvalue weighted by atomic mass is 16.6. The lowest BCUT2D eigenvalue weighted by Crippen LogP contribution is -2.35. The number of hydrogen-bond acceptors (Lipinski definition) is 6. The van der Waals surface area contributed by atoms with Crippen LogP contribution in [0.25, 0.3) is 0 Å². The fourth-order valence-corrected chi connectivity index (χ4v) is 2.65. The molecule has 1 unspecified atom stereocenters. The van der Waals surface area contributed by atoms with Gasteiger partial charge in [0, 0.05) is 13.1 Å². The Bertz CT molecular complexity index is 827. The molecule has 0 aliphatic heterocycles. The first-order chi connectivity index (χ1) is 14.2. The number of para-hydroxylation sites is 1. The molecule has 8 heteroatoms. The SMILES string of the molecule is CCOC(=O)c1cc(COc2ccccc2)nn1CC(C)CNC(=O)OC(C)(C)C. The third-order valence-corrected chi connectivity index (χ3v) is 3.92. The van der Waals surface area contributed by atoms with Crippen molar-refractivity contribution >= 4 is 12.1 Å². The van der Waals surface area contributed by atoms with Crippen LogP contribution in [0.2, 0.25) is 0 Å². The van der Waals surface area contributed by atoms with Gasteiger partial charge in [-0.1, -0.05) is 25.1 Å². The van der Waals surface area contributed by atoms with Gasteiger partial charge in [0.15, 0.2) is 0 Å². The van der Waals surface area contributed by atoms with Crippen LogP contribution in [-0.4, -0.2) is 40.6 Å². The van der Waals surface area contributed by atoms with Crippen molar-refractivity contribution in [3.8, 4) is 5.75 Å². The first kappa shape index (κ1) is 23.3. The summed E-state index contributed by atoms with van der Waals surface area (Å²) in [5, 5.41) is 7.25. The van der Waals surface area contributed by atoms with Crippen LogP contribution in [0.5, 0.6) is 5.75 Å². The van der Waals surface area contributed by atoms with Crippen LogP contribution in [0.15, 0.2) is 36.4 Å². The summed E-state index contributed by atoms with van der Waals surface area (Å²) < 4.78 is 17.7.